The largest absolute Gasteiger partial charge is 0.0850 e. The Hall–Kier alpha value is -1.04. The molecule has 1 aliphatic carbocycles. The van der Waals surface area contributed by atoms with Gasteiger partial charge in [0.25, 0.3) is 0 Å². The fourth-order valence-corrected chi connectivity index (χ4v) is 2.12. The smallest absolute Gasteiger partial charge is 0.00645 e. The lowest BCUT2D eigenvalue weighted by Gasteiger charge is -2.13. The maximum Gasteiger partial charge on any atom is -0.00645 e. The number of aryl methyl sites for hydroxylation is 1. The summed E-state index contributed by atoms with van der Waals surface area (Å²) in [7, 11) is 0. The zero-order chi connectivity index (χ0) is 9.80. The molecule has 0 aromatic heterocycles. The predicted octanol–water partition coefficient (Wildman–Crippen LogP) is 4.04. The molecule has 0 nitrogen and oxygen atoms in total. The highest BCUT2D eigenvalue weighted by Crippen LogP contribution is 2.22. The molecule has 1 aromatic carbocycles. The van der Waals surface area contributed by atoms with E-state index in [-0.39, 0.29) is 0 Å². The Morgan fingerprint density at radius 2 is 2.00 bits per heavy atom. The lowest BCUT2D eigenvalue weighted by molar-refractivity contribution is 0.688. The molecule has 0 atom stereocenters. The second-order valence-electron chi connectivity index (χ2n) is 4.21. The van der Waals surface area contributed by atoms with Gasteiger partial charge in [-0.05, 0) is 50.2 Å². The van der Waals surface area contributed by atoms with Crippen LogP contribution in [0.15, 0.2) is 35.9 Å². The quantitative estimate of drug-likeness (QED) is 0.611. The Morgan fingerprint density at radius 3 is 2.71 bits per heavy atom. The van der Waals surface area contributed by atoms with Gasteiger partial charge in [0.05, 0.1) is 0 Å². The van der Waals surface area contributed by atoms with Gasteiger partial charge in [0.1, 0.15) is 0 Å². The van der Waals surface area contributed by atoms with Crippen molar-refractivity contribution in [2.75, 3.05) is 0 Å². The topological polar surface area (TPSA) is 0 Å². The zero-order valence-corrected chi connectivity index (χ0v) is 8.92. The number of allylic oxidation sites excluding steroid dienone is 2. The van der Waals surface area contributed by atoms with Gasteiger partial charge in [0.15, 0.2) is 0 Å². The molecule has 0 saturated heterocycles. The SMILES string of the molecule is Cc1ccccc1CC1=CCCCC1. The van der Waals surface area contributed by atoms with E-state index in [2.05, 4.69) is 37.3 Å². The third-order valence-corrected chi connectivity index (χ3v) is 3.06. The van der Waals surface area contributed by atoms with E-state index in [0.717, 1.165) is 0 Å². The molecular formula is C14H18. The Bertz CT molecular complexity index is 334. The Morgan fingerprint density at radius 1 is 1.14 bits per heavy atom. The minimum Gasteiger partial charge on any atom is -0.0850 e. The Balaban J connectivity index is 2.10. The highest BCUT2D eigenvalue weighted by molar-refractivity contribution is 5.30. The summed E-state index contributed by atoms with van der Waals surface area (Å²) in [5.74, 6) is 0. The summed E-state index contributed by atoms with van der Waals surface area (Å²) < 4.78 is 0. The fraction of sp³-hybridized carbons (Fsp3) is 0.429. The van der Waals surface area contributed by atoms with Crippen LogP contribution < -0.4 is 0 Å². The maximum absolute atomic E-state index is 2.44. The monoisotopic (exact) mass is 186 g/mol. The predicted molar refractivity (Wildman–Crippen MR) is 61.4 cm³/mol. The molecule has 0 spiro atoms. The van der Waals surface area contributed by atoms with Crippen LogP contribution in [0.5, 0.6) is 0 Å². The van der Waals surface area contributed by atoms with Gasteiger partial charge in [-0.3, -0.25) is 0 Å². The van der Waals surface area contributed by atoms with Crippen molar-refractivity contribution in [2.24, 2.45) is 0 Å². The first-order valence-electron chi connectivity index (χ1n) is 5.58. The first-order valence-corrected chi connectivity index (χ1v) is 5.58. The average Bonchev–Trinajstić information content (AvgIpc) is 2.23. The molecule has 0 fully saturated rings. The molecule has 0 aliphatic heterocycles. The van der Waals surface area contributed by atoms with Crippen LogP contribution in [0.4, 0.5) is 0 Å². The van der Waals surface area contributed by atoms with E-state index >= 15 is 0 Å². The van der Waals surface area contributed by atoms with Gasteiger partial charge in [0.2, 0.25) is 0 Å². The minimum absolute atomic E-state index is 1.17. The third kappa shape index (κ3) is 2.25. The minimum atomic E-state index is 1.17. The highest BCUT2D eigenvalue weighted by Gasteiger charge is 2.05. The molecule has 0 heteroatoms. The molecule has 0 N–H and O–H groups in total. The van der Waals surface area contributed by atoms with Crippen LogP contribution >= 0.6 is 0 Å². The summed E-state index contributed by atoms with van der Waals surface area (Å²) in [5.41, 5.74) is 4.57. The Kier molecular flexibility index (Phi) is 3.03. The molecule has 74 valence electrons. The lowest BCUT2D eigenvalue weighted by Crippen LogP contribution is -1.97. The van der Waals surface area contributed by atoms with E-state index in [1.54, 1.807) is 5.57 Å². The highest BCUT2D eigenvalue weighted by atomic mass is 14.1. The van der Waals surface area contributed by atoms with Crippen molar-refractivity contribution < 1.29 is 0 Å². The average molecular weight is 186 g/mol. The molecule has 0 amide bonds. The summed E-state index contributed by atoms with van der Waals surface area (Å²) >= 11 is 0. The second kappa shape index (κ2) is 4.45. The standard InChI is InChI=1S/C14H18/c1-12-7-5-6-10-14(12)11-13-8-3-2-4-9-13/h5-8,10H,2-4,9,11H2,1H3. The van der Waals surface area contributed by atoms with Crippen LogP contribution in [-0.2, 0) is 6.42 Å². The lowest BCUT2D eigenvalue weighted by atomic mass is 9.92. The normalized spacial score (nSPS) is 16.5. The molecule has 0 bridgehead atoms. The van der Waals surface area contributed by atoms with E-state index in [1.807, 2.05) is 0 Å². The molecule has 1 aliphatic rings. The van der Waals surface area contributed by atoms with Crippen LogP contribution in [0.1, 0.15) is 36.8 Å². The first-order chi connectivity index (χ1) is 6.86. The molecular weight excluding hydrogens is 168 g/mol. The van der Waals surface area contributed by atoms with Crippen molar-refractivity contribution in [2.45, 2.75) is 39.0 Å². The fourth-order valence-electron chi connectivity index (χ4n) is 2.12. The molecule has 0 saturated carbocycles. The zero-order valence-electron chi connectivity index (χ0n) is 8.92. The number of rotatable bonds is 2. The summed E-state index contributed by atoms with van der Waals surface area (Å²) in [6, 6.07) is 8.73. The van der Waals surface area contributed by atoms with Crippen molar-refractivity contribution in [1.82, 2.24) is 0 Å². The van der Waals surface area contributed by atoms with Gasteiger partial charge < -0.3 is 0 Å². The van der Waals surface area contributed by atoms with E-state index in [9.17, 15) is 0 Å². The molecule has 14 heavy (non-hydrogen) atoms. The van der Waals surface area contributed by atoms with E-state index in [0.29, 0.717) is 0 Å². The van der Waals surface area contributed by atoms with Crippen LogP contribution in [0.2, 0.25) is 0 Å². The van der Waals surface area contributed by atoms with Gasteiger partial charge in [-0.25, -0.2) is 0 Å². The molecule has 1 aromatic rings. The van der Waals surface area contributed by atoms with Crippen LogP contribution in [-0.4, -0.2) is 0 Å². The molecule has 2 rings (SSSR count). The molecule has 0 radical (unpaired) electrons. The first kappa shape index (κ1) is 9.51. The maximum atomic E-state index is 2.44. The molecule has 0 unspecified atom stereocenters. The summed E-state index contributed by atoms with van der Waals surface area (Å²) in [5, 5.41) is 0. The van der Waals surface area contributed by atoms with Crippen molar-refractivity contribution in [3.63, 3.8) is 0 Å². The van der Waals surface area contributed by atoms with Gasteiger partial charge >= 0.3 is 0 Å². The van der Waals surface area contributed by atoms with Gasteiger partial charge in [-0.15, -0.1) is 0 Å². The number of hydrogen-bond acceptors (Lipinski definition) is 0. The van der Waals surface area contributed by atoms with Gasteiger partial charge in [-0.2, -0.15) is 0 Å². The van der Waals surface area contributed by atoms with Crippen molar-refractivity contribution in [1.29, 1.82) is 0 Å². The van der Waals surface area contributed by atoms with Crippen molar-refractivity contribution >= 4 is 0 Å². The summed E-state index contributed by atoms with van der Waals surface area (Å²) in [6.45, 7) is 2.21. The van der Waals surface area contributed by atoms with E-state index < -0.39 is 0 Å². The second-order valence-corrected chi connectivity index (χ2v) is 4.21. The van der Waals surface area contributed by atoms with Crippen LogP contribution in [0.25, 0.3) is 0 Å². The molecule has 0 heterocycles. The van der Waals surface area contributed by atoms with E-state index in [1.165, 1.54) is 43.2 Å². The third-order valence-electron chi connectivity index (χ3n) is 3.06. The van der Waals surface area contributed by atoms with Crippen molar-refractivity contribution in [3.05, 3.63) is 47.0 Å². The van der Waals surface area contributed by atoms with Gasteiger partial charge in [0, 0.05) is 0 Å². The van der Waals surface area contributed by atoms with Crippen LogP contribution in [0, 0.1) is 6.92 Å². The van der Waals surface area contributed by atoms with E-state index in [4.69, 9.17) is 0 Å². The van der Waals surface area contributed by atoms with Gasteiger partial charge in [-0.1, -0.05) is 35.9 Å². The number of hydrogen-bond donors (Lipinski definition) is 0. The number of benzene rings is 1. The van der Waals surface area contributed by atoms with Crippen molar-refractivity contribution in [3.8, 4) is 0 Å². The summed E-state index contributed by atoms with van der Waals surface area (Å²) in [4.78, 5) is 0. The Labute approximate surface area is 86.7 Å². The van der Waals surface area contributed by atoms with Crippen LogP contribution in [0.3, 0.4) is 0 Å². The summed E-state index contributed by atoms with van der Waals surface area (Å²) in [6.07, 6.45) is 8.99.